The molecular weight excluding hydrogens is 214 g/mol. The summed E-state index contributed by atoms with van der Waals surface area (Å²) in [5.74, 6) is 0. The lowest BCUT2D eigenvalue weighted by Gasteiger charge is -2.25. The lowest BCUT2D eigenvalue weighted by molar-refractivity contribution is 0.154. The second-order valence-corrected chi connectivity index (χ2v) is 4.07. The first-order chi connectivity index (χ1) is 8.22. The molecule has 0 spiro atoms. The minimum Gasteiger partial charge on any atom is -0.392 e. The predicted molar refractivity (Wildman–Crippen MR) is 71.5 cm³/mol. The van der Waals surface area contributed by atoms with Crippen molar-refractivity contribution in [2.45, 2.75) is 27.4 Å². The molecule has 1 rings (SSSR count). The van der Waals surface area contributed by atoms with Crippen LogP contribution >= 0.6 is 0 Å². The molecule has 0 amide bonds. The van der Waals surface area contributed by atoms with Gasteiger partial charge in [0, 0.05) is 30.9 Å². The molecule has 0 fully saturated rings. The highest BCUT2D eigenvalue weighted by Gasteiger charge is 2.09. The van der Waals surface area contributed by atoms with E-state index in [0.29, 0.717) is 0 Å². The van der Waals surface area contributed by atoms with Crippen LogP contribution in [0, 0.1) is 6.92 Å². The van der Waals surface area contributed by atoms with Gasteiger partial charge in [-0.2, -0.15) is 0 Å². The molecule has 0 saturated heterocycles. The van der Waals surface area contributed by atoms with Gasteiger partial charge in [0.25, 0.3) is 0 Å². The van der Waals surface area contributed by atoms with Crippen LogP contribution in [0.5, 0.6) is 0 Å². The van der Waals surface area contributed by atoms with Crippen molar-refractivity contribution in [1.29, 1.82) is 0 Å². The summed E-state index contributed by atoms with van der Waals surface area (Å²) in [6, 6.07) is 6.20. The van der Waals surface area contributed by atoms with Crippen molar-refractivity contribution in [3.8, 4) is 0 Å². The van der Waals surface area contributed by atoms with Gasteiger partial charge in [-0.15, -0.1) is 0 Å². The van der Waals surface area contributed by atoms with Gasteiger partial charge in [-0.05, 0) is 26.8 Å². The predicted octanol–water partition coefficient (Wildman–Crippen LogP) is 2.35. The first-order valence-corrected chi connectivity index (χ1v) is 6.26. The van der Waals surface area contributed by atoms with Gasteiger partial charge in [-0.3, -0.25) is 0 Å². The molecule has 0 radical (unpaired) electrons. The van der Waals surface area contributed by atoms with Gasteiger partial charge in [0.1, 0.15) is 0 Å². The van der Waals surface area contributed by atoms with Gasteiger partial charge in [0.05, 0.1) is 13.2 Å². The minimum absolute atomic E-state index is 0.0855. The molecule has 1 N–H and O–H groups in total. The molecule has 1 aromatic rings. The minimum atomic E-state index is 0.0855. The van der Waals surface area contributed by atoms with E-state index in [2.05, 4.69) is 24.0 Å². The maximum absolute atomic E-state index is 9.40. The highest BCUT2D eigenvalue weighted by Crippen LogP contribution is 2.21. The summed E-state index contributed by atoms with van der Waals surface area (Å²) < 4.78 is 5.38. The molecule has 1 aromatic carbocycles. The van der Waals surface area contributed by atoms with E-state index in [1.807, 2.05) is 19.9 Å². The number of ether oxygens (including phenoxy) is 1. The average Bonchev–Trinajstić information content (AvgIpc) is 2.35. The Balaban J connectivity index is 2.79. The van der Waals surface area contributed by atoms with Crippen molar-refractivity contribution >= 4 is 5.69 Å². The summed E-state index contributed by atoms with van der Waals surface area (Å²) in [5.41, 5.74) is 3.28. The zero-order valence-corrected chi connectivity index (χ0v) is 11.1. The molecular formula is C14H23NO2. The van der Waals surface area contributed by atoms with E-state index < -0.39 is 0 Å². The Bertz CT molecular complexity index is 339. The Morgan fingerprint density at radius 1 is 1.29 bits per heavy atom. The fraction of sp³-hybridized carbons (Fsp3) is 0.571. The number of anilines is 1. The van der Waals surface area contributed by atoms with Gasteiger partial charge >= 0.3 is 0 Å². The van der Waals surface area contributed by atoms with E-state index in [4.69, 9.17) is 4.74 Å². The quantitative estimate of drug-likeness (QED) is 0.739. The number of hydrogen-bond acceptors (Lipinski definition) is 3. The lowest BCUT2D eigenvalue weighted by Crippen LogP contribution is -2.28. The molecule has 17 heavy (non-hydrogen) atoms. The number of likely N-dealkylation sites (N-methyl/N-ethyl adjacent to an activating group) is 1. The van der Waals surface area contributed by atoms with E-state index in [9.17, 15) is 5.11 Å². The molecule has 0 bridgehead atoms. The van der Waals surface area contributed by atoms with Crippen LogP contribution in [-0.2, 0) is 11.3 Å². The SMILES string of the molecule is CCOCCN(CC)c1ccc(C)cc1CO. The Labute approximate surface area is 104 Å². The molecule has 0 heterocycles. The number of aliphatic hydroxyl groups is 1. The van der Waals surface area contributed by atoms with Crippen LogP contribution in [0.3, 0.4) is 0 Å². The maximum Gasteiger partial charge on any atom is 0.0702 e. The van der Waals surface area contributed by atoms with E-state index in [0.717, 1.165) is 37.6 Å². The monoisotopic (exact) mass is 237 g/mol. The average molecular weight is 237 g/mol. The summed E-state index contributed by atoms with van der Waals surface area (Å²) >= 11 is 0. The molecule has 0 aliphatic rings. The molecule has 3 heteroatoms. The van der Waals surface area contributed by atoms with Gasteiger partial charge in [0.2, 0.25) is 0 Å². The van der Waals surface area contributed by atoms with Crippen molar-refractivity contribution in [3.63, 3.8) is 0 Å². The van der Waals surface area contributed by atoms with E-state index in [1.165, 1.54) is 5.56 Å². The van der Waals surface area contributed by atoms with Crippen LogP contribution in [0.25, 0.3) is 0 Å². The highest BCUT2D eigenvalue weighted by molar-refractivity contribution is 5.54. The summed E-state index contributed by atoms with van der Waals surface area (Å²) in [6.07, 6.45) is 0. The maximum atomic E-state index is 9.40. The van der Waals surface area contributed by atoms with Crippen molar-refractivity contribution in [1.82, 2.24) is 0 Å². The molecule has 0 saturated carbocycles. The van der Waals surface area contributed by atoms with Gasteiger partial charge in [0.15, 0.2) is 0 Å². The van der Waals surface area contributed by atoms with Crippen LogP contribution in [0.15, 0.2) is 18.2 Å². The molecule has 0 unspecified atom stereocenters. The molecule has 0 atom stereocenters. The summed E-state index contributed by atoms with van der Waals surface area (Å²) in [4.78, 5) is 2.24. The standard InChI is InChI=1S/C14H23NO2/c1-4-15(8-9-17-5-2)14-7-6-12(3)10-13(14)11-16/h6-7,10,16H,4-5,8-9,11H2,1-3H3. The van der Waals surface area contributed by atoms with Gasteiger partial charge in [-0.25, -0.2) is 0 Å². The zero-order chi connectivity index (χ0) is 12.7. The summed E-state index contributed by atoms with van der Waals surface area (Å²) in [6.45, 7) is 9.50. The molecule has 0 aliphatic carbocycles. The number of nitrogens with zero attached hydrogens (tertiary/aromatic N) is 1. The second-order valence-electron chi connectivity index (χ2n) is 4.07. The van der Waals surface area contributed by atoms with Crippen LogP contribution in [-0.4, -0.2) is 31.4 Å². The zero-order valence-electron chi connectivity index (χ0n) is 11.1. The smallest absolute Gasteiger partial charge is 0.0702 e. The summed E-state index contributed by atoms with van der Waals surface area (Å²) in [5, 5.41) is 9.40. The van der Waals surface area contributed by atoms with Crippen molar-refractivity contribution < 1.29 is 9.84 Å². The second kappa shape index (κ2) is 7.30. The summed E-state index contributed by atoms with van der Waals surface area (Å²) in [7, 11) is 0. The molecule has 0 aromatic heterocycles. The van der Waals surface area contributed by atoms with Gasteiger partial charge in [-0.1, -0.05) is 17.7 Å². The lowest BCUT2D eigenvalue weighted by atomic mass is 10.1. The van der Waals surface area contributed by atoms with Crippen LogP contribution < -0.4 is 4.90 Å². The third kappa shape index (κ3) is 4.02. The first kappa shape index (κ1) is 14.0. The Morgan fingerprint density at radius 3 is 2.65 bits per heavy atom. The fourth-order valence-corrected chi connectivity index (χ4v) is 1.92. The Hall–Kier alpha value is -1.06. The Kier molecular flexibility index (Phi) is 6.01. The topological polar surface area (TPSA) is 32.7 Å². The number of hydrogen-bond donors (Lipinski definition) is 1. The van der Waals surface area contributed by atoms with E-state index >= 15 is 0 Å². The number of rotatable bonds is 7. The molecule has 3 nitrogen and oxygen atoms in total. The normalized spacial score (nSPS) is 10.6. The number of benzene rings is 1. The van der Waals surface area contributed by atoms with Crippen LogP contribution in [0.4, 0.5) is 5.69 Å². The van der Waals surface area contributed by atoms with E-state index in [1.54, 1.807) is 0 Å². The van der Waals surface area contributed by atoms with E-state index in [-0.39, 0.29) is 6.61 Å². The molecule has 96 valence electrons. The van der Waals surface area contributed by atoms with Crippen molar-refractivity contribution in [2.75, 3.05) is 31.2 Å². The third-order valence-electron chi connectivity index (χ3n) is 2.84. The third-order valence-corrected chi connectivity index (χ3v) is 2.84. The number of aliphatic hydroxyl groups excluding tert-OH is 1. The first-order valence-electron chi connectivity index (χ1n) is 6.26. The van der Waals surface area contributed by atoms with Crippen molar-refractivity contribution in [3.05, 3.63) is 29.3 Å². The van der Waals surface area contributed by atoms with Crippen molar-refractivity contribution in [2.24, 2.45) is 0 Å². The largest absolute Gasteiger partial charge is 0.392 e. The fourth-order valence-electron chi connectivity index (χ4n) is 1.92. The van der Waals surface area contributed by atoms with Crippen LogP contribution in [0.1, 0.15) is 25.0 Å². The van der Waals surface area contributed by atoms with Crippen LogP contribution in [0.2, 0.25) is 0 Å². The molecule has 0 aliphatic heterocycles. The Morgan fingerprint density at radius 2 is 2.06 bits per heavy atom. The number of aryl methyl sites for hydroxylation is 1. The van der Waals surface area contributed by atoms with Gasteiger partial charge < -0.3 is 14.7 Å². The highest BCUT2D eigenvalue weighted by atomic mass is 16.5.